The van der Waals surface area contributed by atoms with Gasteiger partial charge in [0.15, 0.2) is 0 Å². The molecule has 2 nitrogen and oxygen atoms in total. The van der Waals surface area contributed by atoms with Crippen LogP contribution in [0.3, 0.4) is 0 Å². The highest BCUT2D eigenvalue weighted by Crippen LogP contribution is 2.33. The number of hydrogen-bond acceptors (Lipinski definition) is 3. The molecule has 1 unspecified atom stereocenters. The lowest BCUT2D eigenvalue weighted by Gasteiger charge is -2.33. The Morgan fingerprint density at radius 3 is 2.93 bits per heavy atom. The highest BCUT2D eigenvalue weighted by Gasteiger charge is 2.33. The van der Waals surface area contributed by atoms with Gasteiger partial charge in [-0.05, 0) is 50.2 Å². The fourth-order valence-electron chi connectivity index (χ4n) is 2.44. The zero-order valence-electron chi connectivity index (χ0n) is 9.87. The first kappa shape index (κ1) is 11.7. The van der Waals surface area contributed by atoms with Crippen molar-refractivity contribution >= 4 is 11.8 Å². The molecular weight excluding hydrogens is 204 g/mol. The van der Waals surface area contributed by atoms with Crippen molar-refractivity contribution in [2.24, 2.45) is 5.92 Å². The normalized spacial score (nSPS) is 28.2. The van der Waals surface area contributed by atoms with Crippen molar-refractivity contribution in [3.63, 3.8) is 0 Å². The van der Waals surface area contributed by atoms with E-state index in [1.54, 1.807) is 0 Å². The minimum atomic E-state index is 0.819. The second-order valence-corrected chi connectivity index (χ2v) is 5.88. The molecule has 0 amide bonds. The highest BCUT2D eigenvalue weighted by molar-refractivity contribution is 7.98. The third kappa shape index (κ3) is 3.97. The van der Waals surface area contributed by atoms with E-state index in [-0.39, 0.29) is 0 Å². The van der Waals surface area contributed by atoms with Crippen LogP contribution in [0, 0.1) is 5.92 Å². The van der Waals surface area contributed by atoms with Gasteiger partial charge in [0, 0.05) is 25.7 Å². The fraction of sp³-hybridized carbons (Fsp3) is 1.00. The van der Waals surface area contributed by atoms with Gasteiger partial charge in [0.25, 0.3) is 0 Å². The number of nitrogens with zero attached hydrogens (tertiary/aromatic N) is 1. The van der Waals surface area contributed by atoms with Crippen LogP contribution in [0.25, 0.3) is 0 Å². The van der Waals surface area contributed by atoms with Gasteiger partial charge in [0.2, 0.25) is 0 Å². The van der Waals surface area contributed by atoms with Crippen LogP contribution in [0.4, 0.5) is 0 Å². The molecule has 2 fully saturated rings. The molecule has 1 saturated carbocycles. The van der Waals surface area contributed by atoms with E-state index in [0.717, 1.165) is 12.0 Å². The van der Waals surface area contributed by atoms with E-state index >= 15 is 0 Å². The molecule has 0 spiro atoms. The molecule has 88 valence electrons. The summed E-state index contributed by atoms with van der Waals surface area (Å²) in [6.45, 7) is 5.11. The third-order valence-corrected chi connectivity index (χ3v) is 4.25. The zero-order valence-corrected chi connectivity index (χ0v) is 10.7. The fourth-order valence-corrected chi connectivity index (χ4v) is 2.93. The highest BCUT2D eigenvalue weighted by atomic mass is 32.2. The summed E-state index contributed by atoms with van der Waals surface area (Å²) in [5.41, 5.74) is 0. The van der Waals surface area contributed by atoms with Gasteiger partial charge < -0.3 is 10.2 Å². The molecule has 1 heterocycles. The van der Waals surface area contributed by atoms with Gasteiger partial charge >= 0.3 is 0 Å². The van der Waals surface area contributed by atoms with E-state index in [1.807, 2.05) is 11.8 Å². The van der Waals surface area contributed by atoms with Crippen molar-refractivity contribution in [2.75, 3.05) is 38.2 Å². The molecule has 1 aliphatic carbocycles. The quantitative estimate of drug-likeness (QED) is 0.698. The summed E-state index contributed by atoms with van der Waals surface area (Å²) < 4.78 is 0. The van der Waals surface area contributed by atoms with E-state index in [2.05, 4.69) is 16.5 Å². The topological polar surface area (TPSA) is 15.3 Å². The monoisotopic (exact) mass is 228 g/mol. The van der Waals surface area contributed by atoms with Crippen LogP contribution < -0.4 is 5.32 Å². The van der Waals surface area contributed by atoms with Crippen LogP contribution >= 0.6 is 11.8 Å². The molecule has 3 heteroatoms. The average Bonchev–Trinajstić information content (AvgIpc) is 3.09. The van der Waals surface area contributed by atoms with E-state index in [0.29, 0.717) is 0 Å². The lowest BCUT2D eigenvalue weighted by molar-refractivity contribution is 0.186. The smallest absolute Gasteiger partial charge is 0.0223 e. The summed E-state index contributed by atoms with van der Waals surface area (Å²) in [4.78, 5) is 2.67. The van der Waals surface area contributed by atoms with Crippen molar-refractivity contribution in [3.05, 3.63) is 0 Å². The summed E-state index contributed by atoms with van der Waals surface area (Å²) in [5.74, 6) is 2.34. The molecule has 0 bridgehead atoms. The predicted octanol–water partition coefficient (Wildman–Crippen LogP) is 1.81. The number of thioether (sulfide) groups is 1. The minimum Gasteiger partial charge on any atom is -0.311 e. The standard InChI is InChI=1S/C12H24N2S/c1-15-9-3-2-7-14-8-6-13-12(10-14)11-4-5-11/h11-13H,2-10H2,1H3. The number of rotatable bonds is 6. The van der Waals surface area contributed by atoms with Gasteiger partial charge in [-0.25, -0.2) is 0 Å². The maximum absolute atomic E-state index is 3.67. The maximum Gasteiger partial charge on any atom is 0.0223 e. The van der Waals surface area contributed by atoms with Crippen LogP contribution in [-0.4, -0.2) is 49.1 Å². The Hall–Kier alpha value is 0.270. The van der Waals surface area contributed by atoms with Gasteiger partial charge in [-0.15, -0.1) is 0 Å². The molecule has 1 N–H and O–H groups in total. The van der Waals surface area contributed by atoms with Gasteiger partial charge in [-0.2, -0.15) is 11.8 Å². The Labute approximate surface area is 98.2 Å². The minimum absolute atomic E-state index is 0.819. The number of nitrogens with one attached hydrogen (secondary N) is 1. The van der Waals surface area contributed by atoms with Crippen LogP contribution in [0.2, 0.25) is 0 Å². The Balaban J connectivity index is 1.59. The van der Waals surface area contributed by atoms with Gasteiger partial charge in [0.1, 0.15) is 0 Å². The Kier molecular flexibility index (Phi) is 4.79. The zero-order chi connectivity index (χ0) is 10.5. The molecule has 0 aromatic rings. The molecule has 1 atom stereocenters. The average molecular weight is 228 g/mol. The first-order chi connectivity index (χ1) is 7.40. The Bertz CT molecular complexity index is 182. The van der Waals surface area contributed by atoms with Crippen LogP contribution in [0.15, 0.2) is 0 Å². The van der Waals surface area contributed by atoms with Gasteiger partial charge in [-0.3, -0.25) is 0 Å². The SMILES string of the molecule is CSCCCCN1CCNC(C2CC2)C1. The van der Waals surface area contributed by atoms with Crippen LogP contribution in [-0.2, 0) is 0 Å². The molecule has 1 aliphatic heterocycles. The molecule has 2 aliphatic rings. The van der Waals surface area contributed by atoms with E-state index in [1.165, 1.54) is 57.6 Å². The van der Waals surface area contributed by atoms with Crippen molar-refractivity contribution < 1.29 is 0 Å². The van der Waals surface area contributed by atoms with E-state index in [4.69, 9.17) is 0 Å². The Morgan fingerprint density at radius 1 is 1.33 bits per heavy atom. The van der Waals surface area contributed by atoms with Crippen molar-refractivity contribution in [3.8, 4) is 0 Å². The first-order valence-electron chi connectivity index (χ1n) is 6.35. The van der Waals surface area contributed by atoms with Crippen molar-refractivity contribution in [2.45, 2.75) is 31.7 Å². The molecule has 0 radical (unpaired) electrons. The van der Waals surface area contributed by atoms with Crippen LogP contribution in [0.5, 0.6) is 0 Å². The second-order valence-electron chi connectivity index (χ2n) is 4.90. The summed E-state index contributed by atoms with van der Waals surface area (Å²) in [5, 5.41) is 3.67. The summed E-state index contributed by atoms with van der Waals surface area (Å²) in [6.07, 6.45) is 7.92. The number of piperazine rings is 1. The van der Waals surface area contributed by atoms with Crippen molar-refractivity contribution in [1.29, 1.82) is 0 Å². The molecular formula is C12H24N2S. The molecule has 15 heavy (non-hydrogen) atoms. The molecule has 1 saturated heterocycles. The molecule has 0 aromatic heterocycles. The first-order valence-corrected chi connectivity index (χ1v) is 7.74. The Morgan fingerprint density at radius 2 is 2.20 bits per heavy atom. The predicted molar refractivity (Wildman–Crippen MR) is 68.6 cm³/mol. The number of hydrogen-bond donors (Lipinski definition) is 1. The van der Waals surface area contributed by atoms with Crippen molar-refractivity contribution in [1.82, 2.24) is 10.2 Å². The largest absolute Gasteiger partial charge is 0.311 e. The molecule has 0 aromatic carbocycles. The number of unbranched alkanes of at least 4 members (excludes halogenated alkanes) is 1. The summed E-state index contributed by atoms with van der Waals surface area (Å²) >= 11 is 1.97. The van der Waals surface area contributed by atoms with Gasteiger partial charge in [-0.1, -0.05) is 0 Å². The van der Waals surface area contributed by atoms with Crippen LogP contribution in [0.1, 0.15) is 25.7 Å². The lowest BCUT2D eigenvalue weighted by Crippen LogP contribution is -2.51. The maximum atomic E-state index is 3.67. The second kappa shape index (κ2) is 6.12. The third-order valence-electron chi connectivity index (χ3n) is 3.55. The van der Waals surface area contributed by atoms with Gasteiger partial charge in [0.05, 0.1) is 0 Å². The lowest BCUT2D eigenvalue weighted by atomic mass is 10.1. The van der Waals surface area contributed by atoms with E-state index in [9.17, 15) is 0 Å². The van der Waals surface area contributed by atoms with E-state index < -0.39 is 0 Å². The summed E-state index contributed by atoms with van der Waals surface area (Å²) in [7, 11) is 0. The molecule has 2 rings (SSSR count). The summed E-state index contributed by atoms with van der Waals surface area (Å²) in [6, 6.07) is 0.819.